The summed E-state index contributed by atoms with van der Waals surface area (Å²) in [6.07, 6.45) is 6.04. The molecule has 1 N–H and O–H groups in total. The molecule has 0 bridgehead atoms. The number of benzene rings is 1. The maximum atomic E-state index is 9.28. The molecule has 0 saturated heterocycles. The van der Waals surface area contributed by atoms with E-state index in [4.69, 9.17) is 0 Å². The minimum absolute atomic E-state index is 0.0500. The standard InChI is InChI=1S/C14H19NO/c1-14(10-6-3-7-11-14)13(15-16)12-8-4-2-5-9-12/h2,4-5,8-9,16H,3,6-7,10-11H2,1H3/b15-13-. The summed E-state index contributed by atoms with van der Waals surface area (Å²) in [5.41, 5.74) is 1.95. The van der Waals surface area contributed by atoms with Gasteiger partial charge in [-0.15, -0.1) is 0 Å². The Morgan fingerprint density at radius 3 is 2.31 bits per heavy atom. The molecule has 16 heavy (non-hydrogen) atoms. The smallest absolute Gasteiger partial charge is 0.0926 e. The van der Waals surface area contributed by atoms with Gasteiger partial charge in [0.15, 0.2) is 0 Å². The van der Waals surface area contributed by atoms with Crippen molar-refractivity contribution in [2.24, 2.45) is 10.6 Å². The largest absolute Gasteiger partial charge is 0.411 e. The highest BCUT2D eigenvalue weighted by Crippen LogP contribution is 2.38. The lowest BCUT2D eigenvalue weighted by molar-refractivity contribution is 0.277. The van der Waals surface area contributed by atoms with Crippen LogP contribution in [0.5, 0.6) is 0 Å². The van der Waals surface area contributed by atoms with E-state index in [9.17, 15) is 5.21 Å². The van der Waals surface area contributed by atoms with Gasteiger partial charge < -0.3 is 5.21 Å². The first-order valence-corrected chi connectivity index (χ1v) is 6.04. The lowest BCUT2D eigenvalue weighted by Gasteiger charge is -2.34. The van der Waals surface area contributed by atoms with E-state index >= 15 is 0 Å². The van der Waals surface area contributed by atoms with Crippen LogP contribution in [0, 0.1) is 5.41 Å². The highest BCUT2D eigenvalue weighted by molar-refractivity contribution is 6.04. The van der Waals surface area contributed by atoms with Gasteiger partial charge in [-0.3, -0.25) is 0 Å². The molecule has 1 saturated carbocycles. The Kier molecular flexibility index (Phi) is 3.28. The third kappa shape index (κ3) is 2.11. The van der Waals surface area contributed by atoms with Crippen LogP contribution >= 0.6 is 0 Å². The molecule has 0 heterocycles. The van der Waals surface area contributed by atoms with Gasteiger partial charge in [0.05, 0.1) is 5.71 Å². The zero-order chi connectivity index (χ0) is 11.4. The zero-order valence-corrected chi connectivity index (χ0v) is 9.82. The molecule has 1 fully saturated rings. The summed E-state index contributed by atoms with van der Waals surface area (Å²) in [6, 6.07) is 10.0. The Hall–Kier alpha value is -1.31. The number of oxime groups is 1. The predicted octanol–water partition coefficient (Wildman–Crippen LogP) is 3.84. The molecule has 0 aromatic heterocycles. The van der Waals surface area contributed by atoms with Crippen molar-refractivity contribution in [3.05, 3.63) is 35.9 Å². The fourth-order valence-electron chi connectivity index (χ4n) is 2.69. The first-order chi connectivity index (χ1) is 7.76. The maximum Gasteiger partial charge on any atom is 0.0926 e. The molecule has 0 amide bonds. The third-order valence-electron chi connectivity index (χ3n) is 3.68. The topological polar surface area (TPSA) is 32.6 Å². The molecule has 2 nitrogen and oxygen atoms in total. The van der Waals surface area contributed by atoms with Crippen molar-refractivity contribution in [1.29, 1.82) is 0 Å². The Bertz CT molecular complexity index is 364. The number of hydrogen-bond donors (Lipinski definition) is 1. The molecule has 1 aliphatic carbocycles. The van der Waals surface area contributed by atoms with Crippen molar-refractivity contribution in [3.8, 4) is 0 Å². The van der Waals surface area contributed by atoms with E-state index in [0.29, 0.717) is 0 Å². The van der Waals surface area contributed by atoms with Crippen LogP contribution in [0.4, 0.5) is 0 Å². The second-order valence-electron chi connectivity index (χ2n) is 4.94. The average molecular weight is 217 g/mol. The van der Waals surface area contributed by atoms with E-state index in [2.05, 4.69) is 12.1 Å². The van der Waals surface area contributed by atoms with E-state index < -0.39 is 0 Å². The molecular weight excluding hydrogens is 198 g/mol. The molecule has 0 radical (unpaired) electrons. The SMILES string of the molecule is CC1(/C(=N\O)c2ccccc2)CCCCC1. The average Bonchev–Trinajstić information content (AvgIpc) is 2.32. The summed E-state index contributed by atoms with van der Waals surface area (Å²) >= 11 is 0. The van der Waals surface area contributed by atoms with Crippen LogP contribution in [0.1, 0.15) is 44.6 Å². The molecule has 0 aliphatic heterocycles. The maximum absolute atomic E-state index is 9.28. The number of nitrogens with zero attached hydrogens (tertiary/aromatic N) is 1. The zero-order valence-electron chi connectivity index (χ0n) is 9.82. The lowest BCUT2D eigenvalue weighted by Crippen LogP contribution is -2.31. The van der Waals surface area contributed by atoms with Crippen molar-refractivity contribution >= 4 is 5.71 Å². The highest BCUT2D eigenvalue weighted by atomic mass is 16.4. The highest BCUT2D eigenvalue weighted by Gasteiger charge is 2.33. The first kappa shape index (κ1) is 11.2. The van der Waals surface area contributed by atoms with Gasteiger partial charge in [-0.25, -0.2) is 0 Å². The van der Waals surface area contributed by atoms with Crippen LogP contribution in [-0.2, 0) is 0 Å². The summed E-state index contributed by atoms with van der Waals surface area (Å²) in [4.78, 5) is 0. The van der Waals surface area contributed by atoms with E-state index in [1.807, 2.05) is 30.3 Å². The molecule has 1 aromatic rings. The van der Waals surface area contributed by atoms with Gasteiger partial charge in [-0.2, -0.15) is 0 Å². The van der Waals surface area contributed by atoms with E-state index in [0.717, 1.165) is 24.1 Å². The van der Waals surface area contributed by atoms with Crippen molar-refractivity contribution < 1.29 is 5.21 Å². The van der Waals surface area contributed by atoms with Gasteiger partial charge in [0, 0.05) is 5.41 Å². The Morgan fingerprint density at radius 1 is 1.12 bits per heavy atom. The summed E-state index contributed by atoms with van der Waals surface area (Å²) < 4.78 is 0. The fraction of sp³-hybridized carbons (Fsp3) is 0.500. The van der Waals surface area contributed by atoms with Crippen LogP contribution < -0.4 is 0 Å². The van der Waals surface area contributed by atoms with Crippen LogP contribution in [-0.4, -0.2) is 10.9 Å². The molecule has 0 unspecified atom stereocenters. The normalized spacial score (nSPS) is 20.7. The van der Waals surface area contributed by atoms with Crippen molar-refractivity contribution in [1.82, 2.24) is 0 Å². The Morgan fingerprint density at radius 2 is 1.75 bits per heavy atom. The summed E-state index contributed by atoms with van der Waals surface area (Å²) in [7, 11) is 0. The predicted molar refractivity (Wildman–Crippen MR) is 66.0 cm³/mol. The van der Waals surface area contributed by atoms with Crippen LogP contribution in [0.2, 0.25) is 0 Å². The molecule has 2 rings (SSSR count). The summed E-state index contributed by atoms with van der Waals surface area (Å²) in [5, 5.41) is 12.9. The Balaban J connectivity index is 2.29. The molecule has 0 spiro atoms. The lowest BCUT2D eigenvalue weighted by atomic mass is 9.70. The van der Waals surface area contributed by atoms with Gasteiger partial charge in [-0.1, -0.05) is 61.7 Å². The third-order valence-corrected chi connectivity index (χ3v) is 3.68. The van der Waals surface area contributed by atoms with Gasteiger partial charge in [0.25, 0.3) is 0 Å². The van der Waals surface area contributed by atoms with Crippen LogP contribution in [0.25, 0.3) is 0 Å². The van der Waals surface area contributed by atoms with E-state index in [1.165, 1.54) is 19.3 Å². The van der Waals surface area contributed by atoms with Crippen molar-refractivity contribution in [3.63, 3.8) is 0 Å². The number of hydrogen-bond acceptors (Lipinski definition) is 2. The Labute approximate surface area is 97.0 Å². The van der Waals surface area contributed by atoms with Crippen LogP contribution in [0.15, 0.2) is 35.5 Å². The monoisotopic (exact) mass is 217 g/mol. The molecule has 1 aliphatic rings. The van der Waals surface area contributed by atoms with Gasteiger partial charge in [0.2, 0.25) is 0 Å². The van der Waals surface area contributed by atoms with Gasteiger partial charge in [0.1, 0.15) is 0 Å². The number of rotatable bonds is 2. The van der Waals surface area contributed by atoms with E-state index in [1.54, 1.807) is 0 Å². The minimum atomic E-state index is 0.0500. The van der Waals surface area contributed by atoms with Gasteiger partial charge >= 0.3 is 0 Å². The molecule has 86 valence electrons. The summed E-state index contributed by atoms with van der Waals surface area (Å²) in [6.45, 7) is 2.22. The molecule has 1 aromatic carbocycles. The molecule has 2 heteroatoms. The van der Waals surface area contributed by atoms with Crippen molar-refractivity contribution in [2.45, 2.75) is 39.0 Å². The van der Waals surface area contributed by atoms with Gasteiger partial charge in [-0.05, 0) is 18.4 Å². The quantitative estimate of drug-likeness (QED) is 0.455. The molecule has 0 atom stereocenters. The van der Waals surface area contributed by atoms with Crippen LogP contribution in [0.3, 0.4) is 0 Å². The molecular formula is C14H19NO. The van der Waals surface area contributed by atoms with E-state index in [-0.39, 0.29) is 5.41 Å². The van der Waals surface area contributed by atoms with Crippen molar-refractivity contribution in [2.75, 3.05) is 0 Å². The summed E-state index contributed by atoms with van der Waals surface area (Å²) in [5.74, 6) is 0. The first-order valence-electron chi connectivity index (χ1n) is 6.04. The minimum Gasteiger partial charge on any atom is -0.411 e. The fourth-order valence-corrected chi connectivity index (χ4v) is 2.69. The second-order valence-corrected chi connectivity index (χ2v) is 4.94. The second kappa shape index (κ2) is 4.69.